The third-order valence-electron chi connectivity index (χ3n) is 5.86. The van der Waals surface area contributed by atoms with Crippen molar-refractivity contribution >= 4 is 23.2 Å². The summed E-state index contributed by atoms with van der Waals surface area (Å²) in [6.45, 7) is 3.85. The Morgan fingerprint density at radius 2 is 2.07 bits per heavy atom. The SMILES string of the molecule is O=C(c1ccc(N2CCCC2)c(Cl)c1)N1CCC2OCc3cnnn3C2C1. The quantitative estimate of drug-likeness (QED) is 0.792. The molecule has 2 unspecified atom stereocenters. The molecule has 7 nitrogen and oxygen atoms in total. The van der Waals surface area contributed by atoms with Gasteiger partial charge in [-0.05, 0) is 37.5 Å². The maximum Gasteiger partial charge on any atom is 0.253 e. The van der Waals surface area contributed by atoms with E-state index < -0.39 is 0 Å². The van der Waals surface area contributed by atoms with Gasteiger partial charge in [-0.2, -0.15) is 0 Å². The highest BCUT2D eigenvalue weighted by atomic mass is 35.5. The molecule has 4 heterocycles. The number of benzene rings is 1. The van der Waals surface area contributed by atoms with Gasteiger partial charge in [-0.15, -0.1) is 5.10 Å². The number of carbonyl (C=O) groups excluding carboxylic acids is 1. The fraction of sp³-hybridized carbons (Fsp3) is 0.526. The van der Waals surface area contributed by atoms with Crippen LogP contribution >= 0.6 is 11.6 Å². The van der Waals surface area contributed by atoms with Crippen LogP contribution in [-0.4, -0.2) is 58.1 Å². The number of aromatic nitrogens is 3. The maximum atomic E-state index is 13.1. The summed E-state index contributed by atoms with van der Waals surface area (Å²) >= 11 is 6.50. The number of ether oxygens (including phenoxy) is 1. The van der Waals surface area contributed by atoms with E-state index in [1.54, 1.807) is 6.20 Å². The highest BCUT2D eigenvalue weighted by molar-refractivity contribution is 6.33. The summed E-state index contributed by atoms with van der Waals surface area (Å²) < 4.78 is 7.84. The van der Waals surface area contributed by atoms with Crippen molar-refractivity contribution in [2.75, 3.05) is 31.1 Å². The van der Waals surface area contributed by atoms with Crippen LogP contribution in [0.3, 0.4) is 0 Å². The number of hydrogen-bond donors (Lipinski definition) is 0. The van der Waals surface area contributed by atoms with Gasteiger partial charge in [0.1, 0.15) is 0 Å². The molecule has 2 aromatic rings. The number of anilines is 1. The average Bonchev–Trinajstić information content (AvgIpc) is 3.38. The zero-order valence-electron chi connectivity index (χ0n) is 15.1. The minimum absolute atomic E-state index is 0.00978. The first-order valence-electron chi connectivity index (χ1n) is 9.55. The van der Waals surface area contributed by atoms with Crippen molar-refractivity contribution in [1.29, 1.82) is 0 Å². The Bertz CT molecular complexity index is 864. The van der Waals surface area contributed by atoms with E-state index in [2.05, 4.69) is 15.2 Å². The van der Waals surface area contributed by atoms with Gasteiger partial charge >= 0.3 is 0 Å². The van der Waals surface area contributed by atoms with Crippen molar-refractivity contribution in [2.24, 2.45) is 0 Å². The molecule has 2 fully saturated rings. The largest absolute Gasteiger partial charge is 0.370 e. The predicted octanol–water partition coefficient (Wildman–Crippen LogP) is 2.52. The van der Waals surface area contributed by atoms with Gasteiger partial charge in [0.2, 0.25) is 0 Å². The number of rotatable bonds is 2. The molecule has 2 atom stereocenters. The van der Waals surface area contributed by atoms with Gasteiger partial charge in [-0.25, -0.2) is 4.68 Å². The van der Waals surface area contributed by atoms with E-state index in [-0.39, 0.29) is 18.1 Å². The Balaban J connectivity index is 1.35. The number of hydrogen-bond acceptors (Lipinski definition) is 5. The van der Waals surface area contributed by atoms with Crippen LogP contribution in [-0.2, 0) is 11.3 Å². The summed E-state index contributed by atoms with van der Waals surface area (Å²) in [7, 11) is 0. The van der Waals surface area contributed by atoms with Crippen molar-refractivity contribution in [3.63, 3.8) is 0 Å². The Labute approximate surface area is 162 Å². The maximum absolute atomic E-state index is 13.1. The number of fused-ring (bicyclic) bond motifs is 3. The Kier molecular flexibility index (Phi) is 4.28. The number of nitrogens with zero attached hydrogens (tertiary/aromatic N) is 5. The lowest BCUT2D eigenvalue weighted by molar-refractivity contribution is -0.0605. The van der Waals surface area contributed by atoms with E-state index >= 15 is 0 Å². The lowest BCUT2D eigenvalue weighted by Crippen LogP contribution is -2.49. The van der Waals surface area contributed by atoms with Crippen LogP contribution in [0.15, 0.2) is 24.4 Å². The molecule has 3 aliphatic heterocycles. The first-order chi connectivity index (χ1) is 13.2. The Morgan fingerprint density at radius 1 is 1.22 bits per heavy atom. The topological polar surface area (TPSA) is 63.5 Å². The molecule has 0 radical (unpaired) electrons. The molecular formula is C19H22ClN5O2. The van der Waals surface area contributed by atoms with Crippen LogP contribution in [0.5, 0.6) is 0 Å². The third kappa shape index (κ3) is 2.99. The highest BCUT2D eigenvalue weighted by Gasteiger charge is 2.38. The van der Waals surface area contributed by atoms with Crippen molar-refractivity contribution in [3.8, 4) is 0 Å². The van der Waals surface area contributed by atoms with Crippen molar-refractivity contribution in [3.05, 3.63) is 40.7 Å². The number of halogens is 1. The van der Waals surface area contributed by atoms with Crippen molar-refractivity contribution in [1.82, 2.24) is 19.9 Å². The van der Waals surface area contributed by atoms with Gasteiger partial charge in [0, 0.05) is 31.7 Å². The second kappa shape index (κ2) is 6.80. The van der Waals surface area contributed by atoms with Gasteiger partial charge in [0.15, 0.2) is 0 Å². The number of likely N-dealkylation sites (tertiary alicyclic amines) is 1. The van der Waals surface area contributed by atoms with Gasteiger partial charge in [0.25, 0.3) is 5.91 Å². The van der Waals surface area contributed by atoms with Crippen LogP contribution in [0.25, 0.3) is 0 Å². The van der Waals surface area contributed by atoms with E-state index in [1.807, 2.05) is 27.8 Å². The Hall–Kier alpha value is -2.12. The van der Waals surface area contributed by atoms with Crippen LogP contribution in [0, 0.1) is 0 Å². The summed E-state index contributed by atoms with van der Waals surface area (Å²) in [4.78, 5) is 17.2. The Morgan fingerprint density at radius 3 is 2.89 bits per heavy atom. The van der Waals surface area contributed by atoms with E-state index in [0.29, 0.717) is 30.3 Å². The molecule has 8 heteroatoms. The molecule has 0 N–H and O–H groups in total. The summed E-state index contributed by atoms with van der Waals surface area (Å²) in [5.74, 6) is 0.00978. The monoisotopic (exact) mass is 387 g/mol. The molecule has 5 rings (SSSR count). The second-order valence-corrected chi connectivity index (χ2v) is 7.89. The van der Waals surface area contributed by atoms with Crippen LogP contribution in [0.4, 0.5) is 5.69 Å². The van der Waals surface area contributed by atoms with Gasteiger partial charge in [-0.3, -0.25) is 4.79 Å². The normalized spacial score (nSPS) is 24.6. The van der Waals surface area contributed by atoms with Crippen LogP contribution < -0.4 is 4.90 Å². The predicted molar refractivity (Wildman–Crippen MR) is 101 cm³/mol. The summed E-state index contributed by atoms with van der Waals surface area (Å²) in [5, 5.41) is 8.84. The van der Waals surface area contributed by atoms with E-state index in [1.165, 1.54) is 12.8 Å². The molecule has 0 aliphatic carbocycles. The summed E-state index contributed by atoms with van der Waals surface area (Å²) in [6.07, 6.45) is 5.01. The second-order valence-electron chi connectivity index (χ2n) is 7.49. The highest BCUT2D eigenvalue weighted by Crippen LogP contribution is 2.33. The standard InChI is InChI=1S/C19H22ClN5O2/c20-15-9-13(3-4-16(15)23-6-1-2-7-23)19(26)24-8-5-18-17(11-24)25-14(12-27-18)10-21-22-25/h3-4,9-10,17-18H,1-2,5-8,11-12H2. The zero-order valence-corrected chi connectivity index (χ0v) is 15.8. The molecule has 1 amide bonds. The first kappa shape index (κ1) is 17.0. The van der Waals surface area contributed by atoms with E-state index in [9.17, 15) is 4.79 Å². The smallest absolute Gasteiger partial charge is 0.253 e. The number of piperidine rings is 1. The molecule has 0 bridgehead atoms. The zero-order chi connectivity index (χ0) is 18.4. The molecule has 3 aliphatic rings. The van der Waals surface area contributed by atoms with Gasteiger partial charge in [-0.1, -0.05) is 16.8 Å². The molecule has 0 saturated carbocycles. The number of carbonyl (C=O) groups is 1. The molecule has 2 saturated heterocycles. The van der Waals surface area contributed by atoms with E-state index in [4.69, 9.17) is 16.3 Å². The average molecular weight is 388 g/mol. The molecule has 0 spiro atoms. The van der Waals surface area contributed by atoms with Crippen LogP contribution in [0.1, 0.15) is 41.4 Å². The lowest BCUT2D eigenvalue weighted by atomic mass is 9.99. The fourth-order valence-corrected chi connectivity index (χ4v) is 4.70. The summed E-state index contributed by atoms with van der Waals surface area (Å²) in [6, 6.07) is 5.70. The van der Waals surface area contributed by atoms with Crippen molar-refractivity contribution in [2.45, 2.75) is 38.0 Å². The molecular weight excluding hydrogens is 366 g/mol. The molecule has 142 valence electrons. The fourth-order valence-electron chi connectivity index (χ4n) is 4.40. The molecule has 27 heavy (non-hydrogen) atoms. The van der Waals surface area contributed by atoms with Gasteiger partial charge < -0.3 is 14.5 Å². The van der Waals surface area contributed by atoms with Crippen LogP contribution in [0.2, 0.25) is 5.02 Å². The third-order valence-corrected chi connectivity index (χ3v) is 6.16. The first-order valence-corrected chi connectivity index (χ1v) is 9.93. The minimum Gasteiger partial charge on any atom is -0.370 e. The minimum atomic E-state index is 0.00978. The molecule has 1 aromatic heterocycles. The lowest BCUT2D eigenvalue weighted by Gasteiger charge is -2.41. The summed E-state index contributed by atoms with van der Waals surface area (Å²) in [5.41, 5.74) is 2.62. The van der Waals surface area contributed by atoms with Gasteiger partial charge in [0.05, 0.1) is 41.4 Å². The number of amides is 1. The van der Waals surface area contributed by atoms with E-state index in [0.717, 1.165) is 30.9 Å². The van der Waals surface area contributed by atoms with Crippen molar-refractivity contribution < 1.29 is 9.53 Å². The molecule has 1 aromatic carbocycles.